The highest BCUT2D eigenvalue weighted by atomic mass is 19.1. The summed E-state index contributed by atoms with van der Waals surface area (Å²) in [7, 11) is 0. The molecule has 1 aromatic carbocycles. The van der Waals surface area contributed by atoms with E-state index >= 15 is 0 Å². The van der Waals surface area contributed by atoms with E-state index in [0.717, 1.165) is 6.07 Å². The molecule has 0 saturated carbocycles. The minimum absolute atomic E-state index is 0.0271. The molecule has 20 heavy (non-hydrogen) atoms. The number of carboxylic acid groups (broad SMARTS) is 1. The lowest BCUT2D eigenvalue weighted by Crippen LogP contribution is -2.38. The Hall–Kier alpha value is -2.11. The molecule has 0 aliphatic carbocycles. The number of carbonyl (C=O) groups is 2. The molecule has 110 valence electrons. The van der Waals surface area contributed by atoms with Crippen molar-refractivity contribution in [1.82, 2.24) is 4.90 Å². The van der Waals surface area contributed by atoms with Gasteiger partial charge in [0.1, 0.15) is 5.82 Å². The molecule has 0 aliphatic rings. The molecule has 0 aliphatic heterocycles. The Morgan fingerprint density at radius 1 is 1.40 bits per heavy atom. The van der Waals surface area contributed by atoms with E-state index in [1.807, 2.05) is 0 Å². The summed E-state index contributed by atoms with van der Waals surface area (Å²) in [6.45, 7) is 3.87. The summed E-state index contributed by atoms with van der Waals surface area (Å²) in [6.07, 6.45) is 0.302. The van der Waals surface area contributed by atoms with Crippen LogP contribution in [-0.4, -0.2) is 34.5 Å². The van der Waals surface area contributed by atoms with Gasteiger partial charge in [0.05, 0.1) is 5.56 Å². The lowest BCUT2D eigenvalue weighted by molar-refractivity contribution is -0.137. The number of benzene rings is 1. The minimum Gasteiger partial charge on any atom is -0.481 e. The van der Waals surface area contributed by atoms with E-state index in [1.54, 1.807) is 13.8 Å². The van der Waals surface area contributed by atoms with Crippen LogP contribution in [0, 0.1) is 5.82 Å². The third-order valence-electron chi connectivity index (χ3n) is 2.90. The van der Waals surface area contributed by atoms with Crippen molar-refractivity contribution in [2.45, 2.75) is 32.7 Å². The molecule has 0 atom stereocenters. The summed E-state index contributed by atoms with van der Waals surface area (Å²) in [5, 5.41) is 8.62. The van der Waals surface area contributed by atoms with Crippen LogP contribution in [-0.2, 0) is 4.79 Å². The quantitative estimate of drug-likeness (QED) is 0.783. The number of aliphatic carboxylic acids is 1. The van der Waals surface area contributed by atoms with Gasteiger partial charge in [-0.3, -0.25) is 9.59 Å². The van der Waals surface area contributed by atoms with Crippen LogP contribution in [0.3, 0.4) is 0 Å². The van der Waals surface area contributed by atoms with Gasteiger partial charge in [0.2, 0.25) is 0 Å². The van der Waals surface area contributed by atoms with Gasteiger partial charge in [-0.2, -0.15) is 0 Å². The SMILES string of the molecule is CC(C)N(CCCC(=O)O)C(=O)c1ccc(N)cc1F. The average Bonchev–Trinajstić information content (AvgIpc) is 2.33. The van der Waals surface area contributed by atoms with Crippen LogP contribution in [0.4, 0.5) is 10.1 Å². The fourth-order valence-electron chi connectivity index (χ4n) is 1.85. The Bertz CT molecular complexity index is 503. The Morgan fingerprint density at radius 3 is 2.55 bits per heavy atom. The van der Waals surface area contributed by atoms with Crippen LogP contribution in [0.25, 0.3) is 0 Å². The number of nitrogen functional groups attached to an aromatic ring is 1. The van der Waals surface area contributed by atoms with Crippen molar-refractivity contribution in [1.29, 1.82) is 0 Å². The van der Waals surface area contributed by atoms with Crippen molar-refractivity contribution >= 4 is 17.6 Å². The second kappa shape index (κ2) is 6.88. The van der Waals surface area contributed by atoms with Crippen molar-refractivity contribution in [2.24, 2.45) is 0 Å². The number of rotatable bonds is 6. The summed E-state index contributed by atoms with van der Waals surface area (Å²) in [5.41, 5.74) is 5.65. The third kappa shape index (κ3) is 4.22. The van der Waals surface area contributed by atoms with Gasteiger partial charge < -0.3 is 15.7 Å². The second-order valence-corrected chi connectivity index (χ2v) is 4.83. The molecule has 0 aromatic heterocycles. The van der Waals surface area contributed by atoms with Gasteiger partial charge in [0.25, 0.3) is 5.91 Å². The summed E-state index contributed by atoms with van der Waals surface area (Å²) in [6, 6.07) is 3.77. The highest BCUT2D eigenvalue weighted by Gasteiger charge is 2.21. The topological polar surface area (TPSA) is 83.6 Å². The summed E-state index contributed by atoms with van der Waals surface area (Å²) in [5.74, 6) is -2.04. The number of hydrogen-bond donors (Lipinski definition) is 2. The number of halogens is 1. The first-order chi connectivity index (χ1) is 9.32. The van der Waals surface area contributed by atoms with Crippen LogP contribution < -0.4 is 5.73 Å². The maximum absolute atomic E-state index is 13.8. The molecule has 0 spiro atoms. The number of carbonyl (C=O) groups excluding carboxylic acids is 1. The van der Waals surface area contributed by atoms with Crippen LogP contribution in [0.5, 0.6) is 0 Å². The summed E-state index contributed by atoms with van der Waals surface area (Å²) in [4.78, 5) is 24.3. The van der Waals surface area contributed by atoms with Crippen LogP contribution >= 0.6 is 0 Å². The third-order valence-corrected chi connectivity index (χ3v) is 2.90. The molecule has 1 aromatic rings. The van der Waals surface area contributed by atoms with Gasteiger partial charge in [-0.1, -0.05) is 0 Å². The van der Waals surface area contributed by atoms with Gasteiger partial charge in [-0.25, -0.2) is 4.39 Å². The fraction of sp³-hybridized carbons (Fsp3) is 0.429. The Kier molecular flexibility index (Phi) is 5.49. The van der Waals surface area contributed by atoms with Crippen LogP contribution in [0.2, 0.25) is 0 Å². The molecule has 0 radical (unpaired) electrons. The van der Waals surface area contributed by atoms with Gasteiger partial charge >= 0.3 is 5.97 Å². The predicted octanol–water partition coefficient (Wildman–Crippen LogP) is 2.12. The maximum atomic E-state index is 13.8. The molecule has 0 heterocycles. The number of nitrogens with zero attached hydrogens (tertiary/aromatic N) is 1. The van der Waals surface area contributed by atoms with E-state index in [2.05, 4.69) is 0 Å². The first-order valence-corrected chi connectivity index (χ1v) is 6.40. The zero-order valence-corrected chi connectivity index (χ0v) is 11.6. The lowest BCUT2D eigenvalue weighted by Gasteiger charge is -2.27. The highest BCUT2D eigenvalue weighted by Crippen LogP contribution is 2.16. The van der Waals surface area contributed by atoms with E-state index in [1.165, 1.54) is 17.0 Å². The fourth-order valence-corrected chi connectivity index (χ4v) is 1.85. The van der Waals surface area contributed by atoms with E-state index < -0.39 is 17.7 Å². The van der Waals surface area contributed by atoms with Gasteiger partial charge in [0.15, 0.2) is 0 Å². The molecule has 1 rings (SSSR count). The second-order valence-electron chi connectivity index (χ2n) is 4.83. The number of carboxylic acids is 1. The summed E-state index contributed by atoms with van der Waals surface area (Å²) < 4.78 is 13.8. The van der Waals surface area contributed by atoms with E-state index in [4.69, 9.17) is 10.8 Å². The molecule has 0 saturated heterocycles. The van der Waals surface area contributed by atoms with Crippen molar-refractivity contribution in [3.8, 4) is 0 Å². The predicted molar refractivity (Wildman–Crippen MR) is 73.9 cm³/mol. The van der Waals surface area contributed by atoms with Crippen LogP contribution in [0.1, 0.15) is 37.0 Å². The molecule has 0 unspecified atom stereocenters. The van der Waals surface area contributed by atoms with Crippen molar-refractivity contribution in [3.63, 3.8) is 0 Å². The van der Waals surface area contributed by atoms with Crippen molar-refractivity contribution in [3.05, 3.63) is 29.6 Å². The van der Waals surface area contributed by atoms with Gasteiger partial charge in [0, 0.05) is 24.7 Å². The number of nitrogens with two attached hydrogens (primary N) is 1. The first kappa shape index (κ1) is 15.9. The molecular formula is C14H19FN2O3. The minimum atomic E-state index is -0.917. The molecule has 0 bridgehead atoms. The number of hydrogen-bond acceptors (Lipinski definition) is 3. The molecule has 0 fully saturated rings. The van der Waals surface area contributed by atoms with Crippen molar-refractivity contribution < 1.29 is 19.1 Å². The monoisotopic (exact) mass is 282 g/mol. The highest BCUT2D eigenvalue weighted by molar-refractivity contribution is 5.95. The first-order valence-electron chi connectivity index (χ1n) is 6.40. The average molecular weight is 282 g/mol. The van der Waals surface area contributed by atoms with E-state index in [0.29, 0.717) is 6.42 Å². The molecule has 5 nitrogen and oxygen atoms in total. The lowest BCUT2D eigenvalue weighted by atomic mass is 10.1. The zero-order valence-electron chi connectivity index (χ0n) is 11.6. The number of amides is 1. The molecular weight excluding hydrogens is 263 g/mol. The number of anilines is 1. The largest absolute Gasteiger partial charge is 0.481 e. The Balaban J connectivity index is 2.85. The van der Waals surface area contributed by atoms with Gasteiger partial charge in [-0.15, -0.1) is 0 Å². The normalized spacial score (nSPS) is 10.6. The van der Waals surface area contributed by atoms with E-state index in [-0.39, 0.29) is 30.3 Å². The van der Waals surface area contributed by atoms with Crippen molar-refractivity contribution in [2.75, 3.05) is 12.3 Å². The Morgan fingerprint density at radius 2 is 2.05 bits per heavy atom. The molecule has 3 N–H and O–H groups in total. The standard InChI is InChI=1S/C14H19FN2O3/c1-9(2)17(7-3-4-13(18)19)14(20)11-6-5-10(16)8-12(11)15/h5-6,8-9H,3-4,7,16H2,1-2H3,(H,18,19). The van der Waals surface area contributed by atoms with Gasteiger partial charge in [-0.05, 0) is 38.5 Å². The summed E-state index contributed by atoms with van der Waals surface area (Å²) >= 11 is 0. The molecule has 6 heteroatoms. The van der Waals surface area contributed by atoms with Crippen LogP contribution in [0.15, 0.2) is 18.2 Å². The zero-order chi connectivity index (χ0) is 15.3. The van der Waals surface area contributed by atoms with E-state index in [9.17, 15) is 14.0 Å². The smallest absolute Gasteiger partial charge is 0.303 e. The Labute approximate surface area is 117 Å². The maximum Gasteiger partial charge on any atom is 0.303 e. The molecule has 1 amide bonds.